The Bertz CT molecular complexity index is 1090. The molecule has 2 aliphatic rings. The average molecular weight is 474 g/mol. The summed E-state index contributed by atoms with van der Waals surface area (Å²) in [5, 5.41) is 17.2. The lowest BCUT2D eigenvalue weighted by atomic mass is 9.76. The fraction of sp³-hybridized carbons (Fsp3) is 0.560. The van der Waals surface area contributed by atoms with Crippen molar-refractivity contribution in [3.8, 4) is 5.75 Å². The molecule has 1 spiro atoms. The van der Waals surface area contributed by atoms with Gasteiger partial charge in [0, 0.05) is 26.3 Å². The molecule has 0 saturated carbocycles. The van der Waals surface area contributed by atoms with Crippen molar-refractivity contribution in [2.75, 3.05) is 26.9 Å². The molecule has 0 unspecified atom stereocenters. The van der Waals surface area contributed by atoms with Crippen LogP contribution < -0.4 is 10.1 Å². The molecule has 1 aromatic heterocycles. The number of aromatic nitrogens is 2. The number of rotatable bonds is 7. The molecule has 1 aromatic carbocycles. The zero-order valence-corrected chi connectivity index (χ0v) is 19.9. The number of ether oxygens (including phenoxy) is 2. The lowest BCUT2D eigenvalue weighted by molar-refractivity contribution is 0.0152. The number of hydrogen-bond acceptors (Lipinski definition) is 5. The Hall–Kier alpha value is -2.94. The summed E-state index contributed by atoms with van der Waals surface area (Å²) in [6.07, 6.45) is 3.44. The average Bonchev–Trinajstić information content (AvgIpc) is 3.08. The first-order valence-electron chi connectivity index (χ1n) is 11.8. The molecule has 8 nitrogen and oxygen atoms in total. The first kappa shape index (κ1) is 24.2. The lowest BCUT2D eigenvalue weighted by Crippen LogP contribution is -2.40. The number of nitrogens with zero attached hydrogens (tertiary/aromatic N) is 2. The standard InChI is InChI=1S/C25H32FN3O5/c1-4-19-21-20(12-25(14-27-23(21)30)5-7-34-8-6-25)29(28-19)13-15(2)9-16-10-17(33-3)11-18(22(16)26)24(31)32/h10-11,15H,4-9,12-14H2,1-3H3,(H,27,30)(H,31,32)/t15-/m1/s1. The van der Waals surface area contributed by atoms with E-state index in [0.29, 0.717) is 50.5 Å². The van der Waals surface area contributed by atoms with Crippen molar-refractivity contribution < 1.29 is 28.6 Å². The topological polar surface area (TPSA) is 103 Å². The highest BCUT2D eigenvalue weighted by molar-refractivity contribution is 5.97. The Kier molecular flexibility index (Phi) is 6.93. The molecule has 1 fully saturated rings. The van der Waals surface area contributed by atoms with Crippen molar-refractivity contribution in [1.29, 1.82) is 0 Å². The molecule has 3 heterocycles. The van der Waals surface area contributed by atoms with Crippen molar-refractivity contribution in [2.24, 2.45) is 11.3 Å². The Labute approximate surface area is 198 Å². The van der Waals surface area contributed by atoms with Crippen LogP contribution in [0.2, 0.25) is 0 Å². The monoisotopic (exact) mass is 473 g/mol. The number of carboxylic acid groups (broad SMARTS) is 1. The van der Waals surface area contributed by atoms with Crippen LogP contribution in [0.1, 0.15) is 64.4 Å². The van der Waals surface area contributed by atoms with E-state index in [1.165, 1.54) is 13.2 Å². The maximum atomic E-state index is 14.9. The quantitative estimate of drug-likeness (QED) is 0.640. The van der Waals surface area contributed by atoms with Crippen LogP contribution in [0.25, 0.3) is 0 Å². The number of benzene rings is 1. The third kappa shape index (κ3) is 4.66. The van der Waals surface area contributed by atoms with E-state index < -0.39 is 17.3 Å². The van der Waals surface area contributed by atoms with Gasteiger partial charge in [0.1, 0.15) is 11.6 Å². The second-order valence-electron chi connectivity index (χ2n) is 9.54. The Balaban J connectivity index is 1.63. The van der Waals surface area contributed by atoms with Crippen molar-refractivity contribution >= 4 is 11.9 Å². The van der Waals surface area contributed by atoms with Gasteiger partial charge in [-0.2, -0.15) is 5.10 Å². The third-order valence-corrected chi connectivity index (χ3v) is 7.05. The molecule has 0 aliphatic carbocycles. The van der Waals surface area contributed by atoms with Gasteiger partial charge >= 0.3 is 5.97 Å². The minimum absolute atomic E-state index is 0.0551. The second-order valence-corrected chi connectivity index (χ2v) is 9.54. The number of aryl methyl sites for hydroxylation is 1. The van der Waals surface area contributed by atoms with Crippen LogP contribution in [0, 0.1) is 17.2 Å². The van der Waals surface area contributed by atoms with Crippen molar-refractivity contribution in [3.63, 3.8) is 0 Å². The van der Waals surface area contributed by atoms with Gasteiger partial charge < -0.3 is 19.9 Å². The molecule has 2 aromatic rings. The zero-order valence-electron chi connectivity index (χ0n) is 19.9. The van der Waals surface area contributed by atoms with E-state index >= 15 is 0 Å². The molecule has 1 atom stereocenters. The van der Waals surface area contributed by atoms with Gasteiger partial charge in [-0.15, -0.1) is 0 Å². The van der Waals surface area contributed by atoms with E-state index in [2.05, 4.69) is 5.32 Å². The predicted octanol–water partition coefficient (Wildman–Crippen LogP) is 3.25. The molecule has 184 valence electrons. The summed E-state index contributed by atoms with van der Waals surface area (Å²) < 4.78 is 27.6. The van der Waals surface area contributed by atoms with Crippen molar-refractivity contribution in [2.45, 2.75) is 52.5 Å². The van der Waals surface area contributed by atoms with Crippen LogP contribution >= 0.6 is 0 Å². The summed E-state index contributed by atoms with van der Waals surface area (Å²) in [5.74, 6) is -1.91. The van der Waals surface area contributed by atoms with Crippen LogP contribution in [0.4, 0.5) is 4.39 Å². The smallest absolute Gasteiger partial charge is 0.338 e. The molecule has 2 aliphatic heterocycles. The normalized spacial score (nSPS) is 18.2. The summed E-state index contributed by atoms with van der Waals surface area (Å²) >= 11 is 0. The summed E-state index contributed by atoms with van der Waals surface area (Å²) in [6.45, 7) is 6.42. The van der Waals surface area contributed by atoms with Gasteiger partial charge in [0.15, 0.2) is 0 Å². The number of halogens is 1. The summed E-state index contributed by atoms with van der Waals surface area (Å²) in [7, 11) is 1.43. The molecule has 1 saturated heterocycles. The van der Waals surface area contributed by atoms with Gasteiger partial charge in [-0.1, -0.05) is 13.8 Å². The van der Waals surface area contributed by atoms with E-state index in [0.717, 1.165) is 30.7 Å². The first-order chi connectivity index (χ1) is 16.3. The highest BCUT2D eigenvalue weighted by atomic mass is 19.1. The highest BCUT2D eigenvalue weighted by Gasteiger charge is 2.39. The number of nitrogens with one attached hydrogen (secondary N) is 1. The molecule has 34 heavy (non-hydrogen) atoms. The number of aromatic carboxylic acids is 1. The fourth-order valence-corrected chi connectivity index (χ4v) is 5.14. The molecule has 0 radical (unpaired) electrons. The summed E-state index contributed by atoms with van der Waals surface area (Å²) in [5.41, 5.74) is 2.19. The number of fused-ring (bicyclic) bond motifs is 1. The molecule has 1 amide bonds. The van der Waals surface area contributed by atoms with E-state index in [-0.39, 0.29) is 22.8 Å². The minimum Gasteiger partial charge on any atom is -0.497 e. The Morgan fingerprint density at radius 1 is 1.38 bits per heavy atom. The second kappa shape index (κ2) is 9.74. The van der Waals surface area contributed by atoms with Crippen LogP contribution in [-0.2, 0) is 30.5 Å². The minimum atomic E-state index is -1.33. The van der Waals surface area contributed by atoms with Crippen LogP contribution in [0.3, 0.4) is 0 Å². The van der Waals surface area contributed by atoms with E-state index in [4.69, 9.17) is 14.6 Å². The first-order valence-corrected chi connectivity index (χ1v) is 11.8. The fourth-order valence-electron chi connectivity index (χ4n) is 5.14. The zero-order chi connectivity index (χ0) is 24.5. The van der Waals surface area contributed by atoms with Crippen LogP contribution in [-0.4, -0.2) is 53.6 Å². The number of hydrogen-bond donors (Lipinski definition) is 2. The van der Waals surface area contributed by atoms with Gasteiger partial charge in [-0.05, 0) is 61.1 Å². The van der Waals surface area contributed by atoms with Crippen molar-refractivity contribution in [3.05, 3.63) is 46.0 Å². The lowest BCUT2D eigenvalue weighted by Gasteiger charge is -2.36. The predicted molar refractivity (Wildman–Crippen MR) is 123 cm³/mol. The number of amides is 1. The maximum absolute atomic E-state index is 14.9. The third-order valence-electron chi connectivity index (χ3n) is 7.05. The van der Waals surface area contributed by atoms with Crippen LogP contribution in [0.15, 0.2) is 12.1 Å². The van der Waals surface area contributed by atoms with E-state index in [9.17, 15) is 19.1 Å². The van der Waals surface area contributed by atoms with E-state index in [1.54, 1.807) is 6.07 Å². The van der Waals surface area contributed by atoms with Gasteiger partial charge in [0.2, 0.25) is 0 Å². The van der Waals surface area contributed by atoms with E-state index in [1.807, 2.05) is 18.5 Å². The Morgan fingerprint density at radius 3 is 2.76 bits per heavy atom. The molecule has 9 heteroatoms. The molecule has 2 N–H and O–H groups in total. The molecule has 0 bridgehead atoms. The number of carbonyl (C=O) groups excluding carboxylic acids is 1. The molecule has 4 rings (SSSR count). The van der Waals surface area contributed by atoms with Gasteiger partial charge in [-0.25, -0.2) is 9.18 Å². The number of methoxy groups -OCH3 is 1. The van der Waals surface area contributed by atoms with Crippen molar-refractivity contribution in [1.82, 2.24) is 15.1 Å². The highest BCUT2D eigenvalue weighted by Crippen LogP contribution is 2.37. The largest absolute Gasteiger partial charge is 0.497 e. The summed E-state index contributed by atoms with van der Waals surface area (Å²) in [4.78, 5) is 24.5. The van der Waals surface area contributed by atoms with Gasteiger partial charge in [0.05, 0.1) is 29.6 Å². The molecular formula is C25H32FN3O5. The van der Waals surface area contributed by atoms with Gasteiger partial charge in [0.25, 0.3) is 5.91 Å². The maximum Gasteiger partial charge on any atom is 0.338 e. The number of carboxylic acids is 1. The Morgan fingerprint density at radius 2 is 2.12 bits per heavy atom. The number of carbonyl (C=O) groups is 2. The van der Waals surface area contributed by atoms with Gasteiger partial charge in [-0.3, -0.25) is 9.48 Å². The summed E-state index contributed by atoms with van der Waals surface area (Å²) in [6, 6.07) is 2.74. The van der Waals surface area contributed by atoms with Crippen LogP contribution in [0.5, 0.6) is 5.75 Å². The SMILES string of the molecule is CCc1nn(C[C@H](C)Cc2cc(OC)cc(C(=O)O)c2F)c2c1C(=O)NCC1(CCOCC1)C2. The molecular weight excluding hydrogens is 441 g/mol.